The summed E-state index contributed by atoms with van der Waals surface area (Å²) < 4.78 is 9.38. The van der Waals surface area contributed by atoms with Crippen molar-refractivity contribution in [3.8, 4) is 11.4 Å². The van der Waals surface area contributed by atoms with Crippen molar-refractivity contribution in [1.29, 1.82) is 0 Å². The van der Waals surface area contributed by atoms with E-state index in [0.717, 1.165) is 5.56 Å². The Labute approximate surface area is 190 Å². The van der Waals surface area contributed by atoms with Crippen molar-refractivity contribution in [3.05, 3.63) is 86.8 Å². The second-order valence-corrected chi connectivity index (χ2v) is 8.46. The molecule has 170 valence electrons. The summed E-state index contributed by atoms with van der Waals surface area (Å²) in [5.74, 6) is 0.453. The highest BCUT2D eigenvalue weighted by atomic mass is 16.5. The Balaban J connectivity index is 1.90. The second kappa shape index (κ2) is 8.90. The Morgan fingerprint density at radius 2 is 1.82 bits per heavy atom. The molecule has 0 spiro atoms. The van der Waals surface area contributed by atoms with Gasteiger partial charge in [-0.25, -0.2) is 14.3 Å². The smallest absolute Gasteiger partial charge is 0.337 e. The average Bonchev–Trinajstić information content (AvgIpc) is 3.21. The largest absolute Gasteiger partial charge is 0.497 e. The number of nitrogens with zero attached hydrogens (tertiary/aromatic N) is 4. The fraction of sp³-hybridized carbons (Fsp3) is 0.280. The lowest BCUT2D eigenvalue weighted by atomic mass is 10.1. The van der Waals surface area contributed by atoms with Gasteiger partial charge < -0.3 is 9.30 Å². The van der Waals surface area contributed by atoms with Crippen LogP contribution in [-0.4, -0.2) is 31.6 Å². The lowest BCUT2D eigenvalue weighted by Crippen LogP contribution is -2.41. The fourth-order valence-electron chi connectivity index (χ4n) is 3.79. The minimum absolute atomic E-state index is 0.0779. The molecule has 0 atom stereocenters. The number of carbonyl (C=O) groups excluding carboxylic acids is 1. The molecule has 4 rings (SSSR count). The molecule has 2 aromatic carbocycles. The first kappa shape index (κ1) is 22.3. The highest BCUT2D eigenvalue weighted by molar-refractivity contribution is 5.96. The first-order chi connectivity index (χ1) is 15.8. The number of fused-ring (bicyclic) bond motifs is 1. The van der Waals surface area contributed by atoms with Crippen LogP contribution >= 0.6 is 0 Å². The molecular formula is C25H26N4O4. The van der Waals surface area contributed by atoms with Crippen LogP contribution in [-0.2, 0) is 13.1 Å². The van der Waals surface area contributed by atoms with Gasteiger partial charge in [-0.3, -0.25) is 14.2 Å². The van der Waals surface area contributed by atoms with Crippen molar-refractivity contribution in [1.82, 2.24) is 18.7 Å². The van der Waals surface area contributed by atoms with Gasteiger partial charge in [-0.15, -0.1) is 0 Å². The quantitative estimate of drug-likeness (QED) is 0.407. The summed E-state index contributed by atoms with van der Waals surface area (Å²) >= 11 is 0. The Morgan fingerprint density at radius 1 is 1.09 bits per heavy atom. The van der Waals surface area contributed by atoms with Gasteiger partial charge in [0.1, 0.15) is 5.75 Å². The predicted molar refractivity (Wildman–Crippen MR) is 126 cm³/mol. The van der Waals surface area contributed by atoms with Crippen LogP contribution < -0.4 is 16.0 Å². The van der Waals surface area contributed by atoms with E-state index in [1.165, 1.54) is 27.1 Å². The van der Waals surface area contributed by atoms with Crippen molar-refractivity contribution >= 4 is 16.9 Å². The molecule has 0 aliphatic heterocycles. The van der Waals surface area contributed by atoms with E-state index in [2.05, 4.69) is 4.98 Å². The summed E-state index contributed by atoms with van der Waals surface area (Å²) in [5.41, 5.74) is 1.66. The van der Waals surface area contributed by atoms with E-state index < -0.39 is 11.2 Å². The van der Waals surface area contributed by atoms with Gasteiger partial charge in [0.2, 0.25) is 0 Å². The lowest BCUT2D eigenvalue weighted by Gasteiger charge is -2.14. The maximum atomic E-state index is 13.4. The van der Waals surface area contributed by atoms with Crippen LogP contribution in [0, 0.1) is 12.8 Å². The number of aryl methyl sites for hydroxylation is 1. The van der Waals surface area contributed by atoms with Crippen molar-refractivity contribution < 1.29 is 9.53 Å². The summed E-state index contributed by atoms with van der Waals surface area (Å²) in [5, 5.41) is 0. The molecule has 0 aliphatic carbocycles. The molecule has 8 nitrogen and oxygen atoms in total. The number of rotatable bonds is 7. The van der Waals surface area contributed by atoms with Gasteiger partial charge >= 0.3 is 5.69 Å². The SMILES string of the molecule is COc1cccc(C(=O)Cn2cnc3c2c(=O)n(CC(C)C)c(=O)n3-c2ccc(C)cc2)c1. The number of carbonyl (C=O) groups is 1. The Morgan fingerprint density at radius 3 is 2.48 bits per heavy atom. The van der Waals surface area contributed by atoms with E-state index in [1.54, 1.807) is 24.3 Å². The van der Waals surface area contributed by atoms with Gasteiger partial charge in [0.05, 0.1) is 25.7 Å². The molecular weight excluding hydrogens is 420 g/mol. The predicted octanol–water partition coefficient (Wildman–Crippen LogP) is 3.20. The van der Waals surface area contributed by atoms with E-state index >= 15 is 0 Å². The second-order valence-electron chi connectivity index (χ2n) is 8.46. The molecule has 0 aliphatic rings. The van der Waals surface area contributed by atoms with Gasteiger partial charge in [0.15, 0.2) is 16.9 Å². The van der Waals surface area contributed by atoms with Crippen molar-refractivity contribution in [3.63, 3.8) is 0 Å². The minimum atomic E-state index is -0.456. The van der Waals surface area contributed by atoms with E-state index in [-0.39, 0.29) is 36.0 Å². The average molecular weight is 447 g/mol. The molecule has 0 N–H and O–H groups in total. The van der Waals surface area contributed by atoms with E-state index in [0.29, 0.717) is 17.0 Å². The third kappa shape index (κ3) is 4.24. The Bertz CT molecular complexity index is 1440. The maximum Gasteiger partial charge on any atom is 0.337 e. The van der Waals surface area contributed by atoms with E-state index in [1.807, 2.05) is 45.0 Å². The maximum absolute atomic E-state index is 13.4. The summed E-state index contributed by atoms with van der Waals surface area (Å²) in [6.07, 6.45) is 1.44. The normalized spacial score (nSPS) is 11.3. The van der Waals surface area contributed by atoms with Crippen molar-refractivity contribution in [2.45, 2.75) is 33.9 Å². The molecule has 4 aromatic rings. The fourth-order valence-corrected chi connectivity index (χ4v) is 3.79. The number of methoxy groups -OCH3 is 1. The molecule has 2 aromatic heterocycles. The highest BCUT2D eigenvalue weighted by Gasteiger charge is 2.21. The number of benzene rings is 2. The van der Waals surface area contributed by atoms with Crippen LogP contribution in [0.4, 0.5) is 0 Å². The van der Waals surface area contributed by atoms with Crippen molar-refractivity contribution in [2.24, 2.45) is 5.92 Å². The first-order valence-electron chi connectivity index (χ1n) is 10.7. The molecule has 0 saturated carbocycles. The van der Waals surface area contributed by atoms with Gasteiger partial charge in [-0.1, -0.05) is 43.7 Å². The molecule has 0 bridgehead atoms. The van der Waals surface area contributed by atoms with Gasteiger partial charge in [0.25, 0.3) is 5.56 Å². The Kier molecular flexibility index (Phi) is 6.00. The summed E-state index contributed by atoms with van der Waals surface area (Å²) in [6.45, 7) is 6.01. The number of imidazole rings is 1. The third-order valence-corrected chi connectivity index (χ3v) is 5.45. The van der Waals surface area contributed by atoms with E-state index in [4.69, 9.17) is 4.74 Å². The van der Waals surface area contributed by atoms with Crippen molar-refractivity contribution in [2.75, 3.05) is 7.11 Å². The van der Waals surface area contributed by atoms with Gasteiger partial charge in [-0.2, -0.15) is 0 Å². The van der Waals surface area contributed by atoms with Crippen LogP contribution in [0.2, 0.25) is 0 Å². The topological polar surface area (TPSA) is 88.1 Å². The zero-order valence-corrected chi connectivity index (χ0v) is 19.1. The lowest BCUT2D eigenvalue weighted by molar-refractivity contribution is 0.0973. The zero-order valence-electron chi connectivity index (χ0n) is 19.1. The minimum Gasteiger partial charge on any atom is -0.497 e. The summed E-state index contributed by atoms with van der Waals surface area (Å²) in [4.78, 5) is 44.1. The summed E-state index contributed by atoms with van der Waals surface area (Å²) in [7, 11) is 1.54. The first-order valence-corrected chi connectivity index (χ1v) is 10.7. The summed E-state index contributed by atoms with van der Waals surface area (Å²) in [6, 6.07) is 14.3. The third-order valence-electron chi connectivity index (χ3n) is 5.45. The molecule has 2 heterocycles. The molecule has 0 amide bonds. The molecule has 0 radical (unpaired) electrons. The molecule has 0 saturated heterocycles. The standard InChI is InChI=1S/C25H26N4O4/c1-16(2)13-28-24(31)22-23(29(25(28)32)19-10-8-17(3)9-11-19)26-15-27(22)14-21(30)18-6-5-7-20(12-18)33-4/h5-12,15-16H,13-14H2,1-4H3. The van der Waals surface area contributed by atoms with Crippen LogP contribution in [0.25, 0.3) is 16.9 Å². The molecule has 8 heteroatoms. The number of aromatic nitrogens is 4. The highest BCUT2D eigenvalue weighted by Crippen LogP contribution is 2.17. The monoisotopic (exact) mass is 446 g/mol. The number of Topliss-reactive ketones (excluding diaryl/α,β-unsaturated/α-hetero) is 1. The van der Waals surface area contributed by atoms with Crippen LogP contribution in [0.1, 0.15) is 29.8 Å². The van der Waals surface area contributed by atoms with Crippen LogP contribution in [0.5, 0.6) is 5.75 Å². The molecule has 0 unspecified atom stereocenters. The number of hydrogen-bond donors (Lipinski definition) is 0. The molecule has 0 fully saturated rings. The van der Waals surface area contributed by atoms with Crippen LogP contribution in [0.15, 0.2) is 64.4 Å². The Hall–Kier alpha value is -3.94. The van der Waals surface area contributed by atoms with Crippen LogP contribution in [0.3, 0.4) is 0 Å². The molecule has 33 heavy (non-hydrogen) atoms. The number of ketones is 1. The van der Waals surface area contributed by atoms with E-state index in [9.17, 15) is 14.4 Å². The van der Waals surface area contributed by atoms with Gasteiger partial charge in [-0.05, 0) is 37.1 Å². The number of ether oxygens (including phenoxy) is 1. The number of hydrogen-bond acceptors (Lipinski definition) is 5. The zero-order chi connectivity index (χ0) is 23.7. The van der Waals surface area contributed by atoms with Gasteiger partial charge in [0, 0.05) is 12.1 Å².